The second kappa shape index (κ2) is 5.19. The van der Waals surface area contributed by atoms with Crippen LogP contribution in [0.1, 0.15) is 32.1 Å². The molecule has 0 unspecified atom stereocenters. The van der Waals surface area contributed by atoms with Gasteiger partial charge in [-0.1, -0.05) is 12.8 Å². The molecule has 1 saturated carbocycles. The predicted molar refractivity (Wildman–Crippen MR) is 49.7 cm³/mol. The minimum absolute atomic E-state index is 0.0889. The molecule has 4 heteroatoms. The molecule has 0 aliphatic heterocycles. The molecule has 1 fully saturated rings. The van der Waals surface area contributed by atoms with Crippen molar-refractivity contribution in [3.63, 3.8) is 0 Å². The first-order chi connectivity index (χ1) is 6.27. The number of hydrogen-bond donors (Lipinski definition) is 2. The van der Waals surface area contributed by atoms with Crippen molar-refractivity contribution in [2.45, 2.75) is 38.2 Å². The smallest absolute Gasteiger partial charge is 0.234 e. The fourth-order valence-corrected chi connectivity index (χ4v) is 2.01. The molecule has 0 spiro atoms. The van der Waals surface area contributed by atoms with Crippen molar-refractivity contribution in [2.75, 3.05) is 7.11 Å². The van der Waals surface area contributed by atoms with E-state index in [-0.39, 0.29) is 12.0 Å². The summed E-state index contributed by atoms with van der Waals surface area (Å²) in [5.74, 6) is 5.30. The third kappa shape index (κ3) is 2.97. The summed E-state index contributed by atoms with van der Waals surface area (Å²) in [4.78, 5) is 11.0. The summed E-state index contributed by atoms with van der Waals surface area (Å²) >= 11 is 0. The molecule has 0 radical (unpaired) electrons. The van der Waals surface area contributed by atoms with E-state index >= 15 is 0 Å². The molecule has 2 atom stereocenters. The first-order valence-electron chi connectivity index (χ1n) is 4.80. The van der Waals surface area contributed by atoms with E-state index < -0.39 is 0 Å². The topological polar surface area (TPSA) is 64.3 Å². The van der Waals surface area contributed by atoms with E-state index in [0.29, 0.717) is 12.3 Å². The molecule has 4 nitrogen and oxygen atoms in total. The third-order valence-corrected chi connectivity index (χ3v) is 2.75. The minimum Gasteiger partial charge on any atom is -0.381 e. The predicted octanol–water partition coefficient (Wildman–Crippen LogP) is 0.572. The van der Waals surface area contributed by atoms with Crippen LogP contribution in [0, 0.1) is 5.92 Å². The SMILES string of the molecule is CO[C@@H]1CCCC[C@H]1CC(=O)NN. The van der Waals surface area contributed by atoms with E-state index in [2.05, 4.69) is 5.43 Å². The second-order valence-corrected chi connectivity index (χ2v) is 3.59. The molecule has 1 amide bonds. The normalized spacial score (nSPS) is 28.5. The zero-order chi connectivity index (χ0) is 9.68. The summed E-state index contributed by atoms with van der Waals surface area (Å²) in [6.45, 7) is 0. The average molecular weight is 186 g/mol. The number of rotatable bonds is 3. The van der Waals surface area contributed by atoms with Gasteiger partial charge in [0.2, 0.25) is 5.91 Å². The number of hydrazine groups is 1. The van der Waals surface area contributed by atoms with Gasteiger partial charge in [-0.3, -0.25) is 10.2 Å². The lowest BCUT2D eigenvalue weighted by molar-refractivity contribution is -0.123. The minimum atomic E-state index is -0.0889. The molecule has 0 aromatic carbocycles. The number of nitrogens with two attached hydrogens (primary N) is 1. The molecule has 1 rings (SSSR count). The molecule has 13 heavy (non-hydrogen) atoms. The van der Waals surface area contributed by atoms with Gasteiger partial charge in [-0.2, -0.15) is 0 Å². The number of hydrogen-bond acceptors (Lipinski definition) is 3. The summed E-state index contributed by atoms with van der Waals surface area (Å²) in [5, 5.41) is 0. The van der Waals surface area contributed by atoms with Crippen LogP contribution in [0.2, 0.25) is 0 Å². The van der Waals surface area contributed by atoms with Gasteiger partial charge >= 0.3 is 0 Å². The van der Waals surface area contributed by atoms with Gasteiger partial charge in [-0.05, 0) is 18.8 Å². The number of nitrogens with one attached hydrogen (secondary N) is 1. The van der Waals surface area contributed by atoms with Crippen molar-refractivity contribution in [3.05, 3.63) is 0 Å². The van der Waals surface area contributed by atoms with E-state index in [0.717, 1.165) is 12.8 Å². The molecule has 3 N–H and O–H groups in total. The Morgan fingerprint density at radius 3 is 2.85 bits per heavy atom. The first kappa shape index (κ1) is 10.5. The summed E-state index contributed by atoms with van der Waals surface area (Å²) in [6, 6.07) is 0. The Kier molecular flexibility index (Phi) is 4.18. The van der Waals surface area contributed by atoms with Gasteiger partial charge < -0.3 is 4.74 Å². The largest absolute Gasteiger partial charge is 0.381 e. The van der Waals surface area contributed by atoms with Crippen molar-refractivity contribution in [1.29, 1.82) is 0 Å². The number of methoxy groups -OCH3 is 1. The molecule has 0 saturated heterocycles. The van der Waals surface area contributed by atoms with E-state index in [1.54, 1.807) is 7.11 Å². The maximum Gasteiger partial charge on any atom is 0.234 e. The molecule has 0 bridgehead atoms. The van der Waals surface area contributed by atoms with Crippen molar-refractivity contribution in [1.82, 2.24) is 5.43 Å². The van der Waals surface area contributed by atoms with Crippen LogP contribution in [0.4, 0.5) is 0 Å². The number of amides is 1. The van der Waals surface area contributed by atoms with Gasteiger partial charge in [-0.15, -0.1) is 0 Å². The Hall–Kier alpha value is -0.610. The van der Waals surface area contributed by atoms with Crippen LogP contribution in [0.3, 0.4) is 0 Å². The van der Waals surface area contributed by atoms with Crippen LogP contribution in [0.25, 0.3) is 0 Å². The van der Waals surface area contributed by atoms with Gasteiger partial charge in [-0.25, -0.2) is 5.84 Å². The molecule has 0 heterocycles. The Labute approximate surface area is 78.8 Å². The van der Waals surface area contributed by atoms with Crippen LogP contribution in [-0.2, 0) is 9.53 Å². The van der Waals surface area contributed by atoms with Gasteiger partial charge in [0.05, 0.1) is 6.10 Å². The monoisotopic (exact) mass is 186 g/mol. The standard InChI is InChI=1S/C9H18N2O2/c1-13-8-5-3-2-4-7(8)6-9(12)11-10/h7-8H,2-6,10H2,1H3,(H,11,12)/t7-,8+/m0/s1. The van der Waals surface area contributed by atoms with Gasteiger partial charge in [0.25, 0.3) is 0 Å². The van der Waals surface area contributed by atoms with Crippen LogP contribution in [0.5, 0.6) is 0 Å². The lowest BCUT2D eigenvalue weighted by atomic mass is 9.84. The van der Waals surface area contributed by atoms with Gasteiger partial charge in [0.15, 0.2) is 0 Å². The number of ether oxygens (including phenoxy) is 1. The Morgan fingerprint density at radius 1 is 1.54 bits per heavy atom. The van der Waals surface area contributed by atoms with Crippen LogP contribution < -0.4 is 11.3 Å². The van der Waals surface area contributed by atoms with E-state index in [1.807, 2.05) is 0 Å². The van der Waals surface area contributed by atoms with Crippen molar-refractivity contribution in [2.24, 2.45) is 11.8 Å². The lowest BCUT2D eigenvalue weighted by Crippen LogP contribution is -2.36. The van der Waals surface area contributed by atoms with Crippen LogP contribution >= 0.6 is 0 Å². The van der Waals surface area contributed by atoms with E-state index in [4.69, 9.17) is 10.6 Å². The molecule has 76 valence electrons. The quantitative estimate of drug-likeness (QED) is 0.385. The van der Waals surface area contributed by atoms with Crippen LogP contribution in [0.15, 0.2) is 0 Å². The molecular weight excluding hydrogens is 168 g/mol. The number of carbonyl (C=O) groups is 1. The average Bonchev–Trinajstić information content (AvgIpc) is 2.18. The summed E-state index contributed by atoms with van der Waals surface area (Å²) in [6.07, 6.45) is 5.28. The fourth-order valence-electron chi connectivity index (χ4n) is 2.01. The van der Waals surface area contributed by atoms with Crippen molar-refractivity contribution in [3.8, 4) is 0 Å². The van der Waals surface area contributed by atoms with Gasteiger partial charge in [0, 0.05) is 13.5 Å². The van der Waals surface area contributed by atoms with E-state index in [9.17, 15) is 4.79 Å². The molecule has 0 aromatic heterocycles. The zero-order valence-electron chi connectivity index (χ0n) is 8.08. The molecule has 1 aliphatic carbocycles. The second-order valence-electron chi connectivity index (χ2n) is 3.59. The fraction of sp³-hybridized carbons (Fsp3) is 0.889. The van der Waals surface area contributed by atoms with Gasteiger partial charge in [0.1, 0.15) is 0 Å². The first-order valence-corrected chi connectivity index (χ1v) is 4.80. The number of carbonyl (C=O) groups excluding carboxylic acids is 1. The zero-order valence-corrected chi connectivity index (χ0v) is 8.08. The maximum absolute atomic E-state index is 11.0. The van der Waals surface area contributed by atoms with Crippen molar-refractivity contribution < 1.29 is 9.53 Å². The summed E-state index contributed by atoms with van der Waals surface area (Å²) in [5.41, 5.74) is 2.16. The van der Waals surface area contributed by atoms with E-state index in [1.165, 1.54) is 12.8 Å². The highest BCUT2D eigenvalue weighted by Crippen LogP contribution is 2.28. The lowest BCUT2D eigenvalue weighted by Gasteiger charge is -2.29. The highest BCUT2D eigenvalue weighted by atomic mass is 16.5. The summed E-state index contributed by atoms with van der Waals surface area (Å²) in [7, 11) is 1.71. The van der Waals surface area contributed by atoms with Crippen LogP contribution in [-0.4, -0.2) is 19.1 Å². The molecule has 0 aromatic rings. The third-order valence-electron chi connectivity index (χ3n) is 2.75. The Morgan fingerprint density at radius 2 is 2.23 bits per heavy atom. The Balaban J connectivity index is 2.40. The highest BCUT2D eigenvalue weighted by molar-refractivity contribution is 5.75. The summed E-state index contributed by atoms with van der Waals surface area (Å²) < 4.78 is 5.33. The maximum atomic E-state index is 11.0. The van der Waals surface area contributed by atoms with Crippen molar-refractivity contribution >= 4 is 5.91 Å². The highest BCUT2D eigenvalue weighted by Gasteiger charge is 2.26. The molecule has 1 aliphatic rings. The molecular formula is C9H18N2O2. The Bertz CT molecular complexity index is 173.